The number of aromatic nitrogens is 4. The number of ketones is 1. The lowest BCUT2D eigenvalue weighted by Crippen LogP contribution is -2.45. The van der Waals surface area contributed by atoms with Crippen molar-refractivity contribution in [1.29, 1.82) is 5.26 Å². The molecule has 3 aromatic heterocycles. The highest BCUT2D eigenvalue weighted by Crippen LogP contribution is 2.34. The van der Waals surface area contributed by atoms with E-state index in [9.17, 15) is 30.8 Å². The van der Waals surface area contributed by atoms with Crippen LogP contribution >= 0.6 is 0 Å². The van der Waals surface area contributed by atoms with Crippen LogP contribution in [0.4, 0.5) is 17.6 Å². The lowest BCUT2D eigenvalue weighted by Gasteiger charge is -2.26. The predicted octanol–water partition coefficient (Wildman–Crippen LogP) is 3.82. The summed E-state index contributed by atoms with van der Waals surface area (Å²) in [4.78, 5) is 27.9. The molecule has 4 rings (SSSR count). The van der Waals surface area contributed by atoms with Crippen LogP contribution in [0.3, 0.4) is 0 Å². The number of rotatable bonds is 7. The number of pyridine rings is 2. The van der Waals surface area contributed by atoms with Crippen molar-refractivity contribution in [1.82, 2.24) is 24.2 Å². The summed E-state index contributed by atoms with van der Waals surface area (Å²) in [7, 11) is -4.34. The molecule has 14 heteroatoms. The number of sulfonamides is 1. The number of aryl methyl sites for hydroxylation is 2. The molecule has 0 radical (unpaired) electrons. The van der Waals surface area contributed by atoms with Crippen molar-refractivity contribution in [3.8, 4) is 17.3 Å². The van der Waals surface area contributed by atoms with Gasteiger partial charge < -0.3 is 0 Å². The Morgan fingerprint density at radius 3 is 2.41 bits per heavy atom. The second-order valence-corrected chi connectivity index (χ2v) is 10.9. The first-order valence-corrected chi connectivity index (χ1v) is 13.2. The maximum atomic E-state index is 14.7. The van der Waals surface area contributed by atoms with Gasteiger partial charge in [0, 0.05) is 43.2 Å². The molecule has 0 aromatic carbocycles. The van der Waals surface area contributed by atoms with Gasteiger partial charge in [0.05, 0.1) is 23.3 Å². The molecule has 1 aliphatic heterocycles. The maximum Gasteiger partial charge on any atom is 0.451 e. The maximum absolute atomic E-state index is 14.7. The van der Waals surface area contributed by atoms with Gasteiger partial charge in [0.25, 0.3) is 10.0 Å². The summed E-state index contributed by atoms with van der Waals surface area (Å²) >= 11 is 0. The highest BCUT2D eigenvalue weighted by atomic mass is 32.2. The Morgan fingerprint density at radius 2 is 1.82 bits per heavy atom. The fourth-order valence-corrected chi connectivity index (χ4v) is 6.10. The summed E-state index contributed by atoms with van der Waals surface area (Å²) in [6, 6.07) is 3.50. The Morgan fingerprint density at radius 1 is 1.13 bits per heavy atom. The number of carbonyl (C=O) groups is 1. The topological polar surface area (TPSA) is 130 Å². The van der Waals surface area contributed by atoms with Crippen molar-refractivity contribution < 1.29 is 30.8 Å². The van der Waals surface area contributed by atoms with E-state index < -0.39 is 51.1 Å². The average Bonchev–Trinajstić information content (AvgIpc) is 3.22. The van der Waals surface area contributed by atoms with Gasteiger partial charge in [-0.2, -0.15) is 22.7 Å². The number of hydrogen-bond acceptors (Lipinski definition) is 8. The van der Waals surface area contributed by atoms with E-state index in [4.69, 9.17) is 5.26 Å². The Balaban J connectivity index is 1.53. The number of nitrogens with zero attached hydrogens (tertiary/aromatic N) is 6. The third-order valence-electron chi connectivity index (χ3n) is 6.52. The molecule has 39 heavy (non-hydrogen) atoms. The molecule has 204 valence electrons. The first-order chi connectivity index (χ1) is 18.3. The molecule has 0 N–H and O–H groups in total. The average molecular weight is 563 g/mol. The predicted molar refractivity (Wildman–Crippen MR) is 129 cm³/mol. The number of nitriles is 1. The zero-order valence-corrected chi connectivity index (χ0v) is 21.5. The SMILES string of the molecule is Cc1cnc(-c2cnc(C(F)(F)F)nc2)cc1CCC(=O)[C@@H]1C[C@@H](F)[C@H](C)N1S(=O)(=O)c1ccc(C#N)cn1. The number of halogens is 4. The second-order valence-electron chi connectivity index (χ2n) is 9.10. The number of carbonyl (C=O) groups excluding carboxylic acids is 1. The largest absolute Gasteiger partial charge is 0.451 e. The van der Waals surface area contributed by atoms with Gasteiger partial charge in [0.2, 0.25) is 5.82 Å². The molecule has 0 saturated carbocycles. The number of alkyl halides is 4. The van der Waals surface area contributed by atoms with E-state index in [-0.39, 0.29) is 30.4 Å². The fourth-order valence-electron chi connectivity index (χ4n) is 4.35. The molecule has 0 aliphatic carbocycles. The van der Waals surface area contributed by atoms with Gasteiger partial charge in [0.15, 0.2) is 10.8 Å². The molecule has 1 aliphatic rings. The zero-order valence-electron chi connectivity index (χ0n) is 20.7. The van der Waals surface area contributed by atoms with Crippen LogP contribution in [-0.2, 0) is 27.4 Å². The molecule has 1 saturated heterocycles. The van der Waals surface area contributed by atoms with Crippen LogP contribution in [0, 0.1) is 18.3 Å². The van der Waals surface area contributed by atoms with Gasteiger partial charge in [-0.3, -0.25) is 9.78 Å². The molecule has 0 bridgehead atoms. The highest BCUT2D eigenvalue weighted by Gasteiger charge is 2.49. The summed E-state index contributed by atoms with van der Waals surface area (Å²) in [5.74, 6) is -1.77. The third kappa shape index (κ3) is 5.79. The van der Waals surface area contributed by atoms with E-state index in [1.54, 1.807) is 13.0 Å². The van der Waals surface area contributed by atoms with Crippen molar-refractivity contribution >= 4 is 15.8 Å². The molecule has 1 fully saturated rings. The van der Waals surface area contributed by atoms with E-state index in [2.05, 4.69) is 19.9 Å². The Labute approximate surface area is 221 Å². The summed E-state index contributed by atoms with van der Waals surface area (Å²) < 4.78 is 80.4. The van der Waals surface area contributed by atoms with Gasteiger partial charge in [-0.15, -0.1) is 0 Å². The molecule has 3 atom stereocenters. The van der Waals surface area contributed by atoms with Crippen LogP contribution in [0.2, 0.25) is 0 Å². The lowest BCUT2D eigenvalue weighted by atomic mass is 9.99. The second kappa shape index (κ2) is 10.7. The molecular formula is C25H22F4N6O3S. The van der Waals surface area contributed by atoms with Crippen LogP contribution in [0.5, 0.6) is 0 Å². The van der Waals surface area contributed by atoms with Gasteiger partial charge in [-0.25, -0.2) is 27.8 Å². The van der Waals surface area contributed by atoms with Crippen molar-refractivity contribution in [3.05, 3.63) is 65.5 Å². The van der Waals surface area contributed by atoms with E-state index in [0.717, 1.165) is 29.0 Å². The molecule has 4 heterocycles. The van der Waals surface area contributed by atoms with Crippen molar-refractivity contribution in [3.63, 3.8) is 0 Å². The molecule has 0 unspecified atom stereocenters. The summed E-state index contributed by atoms with van der Waals surface area (Å²) in [6.07, 6.45) is -1.93. The van der Waals surface area contributed by atoms with Gasteiger partial charge in [-0.1, -0.05) is 0 Å². The molecule has 0 spiro atoms. The van der Waals surface area contributed by atoms with Crippen LogP contribution in [0.1, 0.15) is 42.3 Å². The highest BCUT2D eigenvalue weighted by molar-refractivity contribution is 7.89. The van der Waals surface area contributed by atoms with E-state index in [1.807, 2.05) is 6.07 Å². The third-order valence-corrected chi connectivity index (χ3v) is 8.43. The quantitative estimate of drug-likeness (QED) is 0.398. The summed E-state index contributed by atoms with van der Waals surface area (Å²) in [5.41, 5.74) is 2.04. The lowest BCUT2D eigenvalue weighted by molar-refractivity contribution is -0.145. The minimum Gasteiger partial charge on any atom is -0.298 e. The molecular weight excluding hydrogens is 540 g/mol. The van der Waals surface area contributed by atoms with Gasteiger partial charge in [-0.05, 0) is 49.6 Å². The normalized spacial score (nSPS) is 20.1. The van der Waals surface area contributed by atoms with Crippen molar-refractivity contribution in [2.75, 3.05) is 0 Å². The summed E-state index contributed by atoms with van der Waals surface area (Å²) in [5, 5.41) is 8.54. The van der Waals surface area contributed by atoms with E-state index in [0.29, 0.717) is 16.8 Å². The van der Waals surface area contributed by atoms with Crippen LogP contribution in [-0.4, -0.2) is 56.7 Å². The number of Topliss-reactive ketones (excluding diaryl/α,β-unsaturated/α-hetero) is 1. The minimum absolute atomic E-state index is 0.120. The van der Waals surface area contributed by atoms with Gasteiger partial charge in [0.1, 0.15) is 12.2 Å². The van der Waals surface area contributed by atoms with E-state index in [1.165, 1.54) is 19.2 Å². The van der Waals surface area contributed by atoms with E-state index >= 15 is 0 Å². The first kappa shape index (κ1) is 28.2. The van der Waals surface area contributed by atoms with Crippen LogP contribution in [0.25, 0.3) is 11.3 Å². The molecule has 3 aromatic rings. The van der Waals surface area contributed by atoms with Crippen molar-refractivity contribution in [2.24, 2.45) is 0 Å². The summed E-state index contributed by atoms with van der Waals surface area (Å²) in [6.45, 7) is 3.12. The minimum atomic E-state index is -4.68. The first-order valence-electron chi connectivity index (χ1n) is 11.7. The Bertz CT molecular complexity index is 1520. The van der Waals surface area contributed by atoms with Crippen LogP contribution < -0.4 is 0 Å². The van der Waals surface area contributed by atoms with Crippen molar-refractivity contribution in [2.45, 2.75) is 62.6 Å². The molecule has 9 nitrogen and oxygen atoms in total. The smallest absolute Gasteiger partial charge is 0.298 e. The standard InChI is InChI=1S/C25H22F4N6O3S/c1-14-10-31-20(18-12-33-24(34-13-18)25(27,28)29)7-17(14)4-5-22(36)21-8-19(26)15(2)35(21)39(37,38)23-6-3-16(9-30)11-32-23/h3,6-7,10-13,15,19,21H,4-5,8H2,1-2H3/t15-,19+,21-/m0/s1. The van der Waals surface area contributed by atoms with Gasteiger partial charge >= 0.3 is 6.18 Å². The zero-order chi connectivity index (χ0) is 28.5. The molecule has 0 amide bonds. The Kier molecular flexibility index (Phi) is 7.76. The fraction of sp³-hybridized carbons (Fsp3) is 0.360. The van der Waals surface area contributed by atoms with Crippen LogP contribution in [0.15, 0.2) is 48.0 Å². The number of hydrogen-bond donors (Lipinski definition) is 0. The Hall–Kier alpha value is -3.83. The monoisotopic (exact) mass is 562 g/mol.